The summed E-state index contributed by atoms with van der Waals surface area (Å²) < 4.78 is 0. The van der Waals surface area contributed by atoms with Crippen LogP contribution in [-0.4, -0.2) is 34.1 Å². The van der Waals surface area contributed by atoms with Crippen LogP contribution in [0.15, 0.2) is 54.6 Å². The molecule has 6 nitrogen and oxygen atoms in total. The number of carbonyl (C=O) groups is 3. The van der Waals surface area contributed by atoms with Crippen molar-refractivity contribution in [3.05, 3.63) is 60.2 Å². The highest BCUT2D eigenvalue weighted by Gasteiger charge is 2.24. The first kappa shape index (κ1) is 22.1. The van der Waals surface area contributed by atoms with E-state index in [4.69, 9.17) is 5.11 Å². The van der Waals surface area contributed by atoms with Gasteiger partial charge in [0, 0.05) is 6.04 Å². The maximum absolute atomic E-state index is 12.6. The minimum atomic E-state index is -1.04. The van der Waals surface area contributed by atoms with Gasteiger partial charge in [-0.3, -0.25) is 14.4 Å². The molecule has 0 fully saturated rings. The lowest BCUT2D eigenvalue weighted by molar-refractivity contribution is -0.142. The van der Waals surface area contributed by atoms with E-state index in [1.807, 2.05) is 54.6 Å². The van der Waals surface area contributed by atoms with E-state index in [0.717, 1.165) is 16.7 Å². The molecule has 2 aromatic rings. The highest BCUT2D eigenvalue weighted by Crippen LogP contribution is 2.21. The zero-order valence-electron chi connectivity index (χ0n) is 16.7. The number of aliphatic carboxylic acids is 2. The number of carboxylic acids is 2. The predicted octanol–water partition coefficient (Wildman–Crippen LogP) is 3.60. The molecule has 2 unspecified atom stereocenters. The first-order valence-corrected chi connectivity index (χ1v) is 9.65. The lowest BCUT2D eigenvalue weighted by Crippen LogP contribution is -2.40. The zero-order valence-corrected chi connectivity index (χ0v) is 16.7. The summed E-state index contributed by atoms with van der Waals surface area (Å²) in [7, 11) is 0. The van der Waals surface area contributed by atoms with Crippen molar-refractivity contribution in [2.75, 3.05) is 0 Å². The van der Waals surface area contributed by atoms with Crippen LogP contribution in [0.1, 0.15) is 32.3 Å². The summed E-state index contributed by atoms with van der Waals surface area (Å²) in [5.74, 6) is -3.65. The molecule has 3 N–H and O–H groups in total. The van der Waals surface area contributed by atoms with Gasteiger partial charge in [-0.2, -0.15) is 0 Å². The van der Waals surface area contributed by atoms with Crippen molar-refractivity contribution in [3.63, 3.8) is 0 Å². The van der Waals surface area contributed by atoms with Crippen LogP contribution < -0.4 is 5.32 Å². The van der Waals surface area contributed by atoms with Crippen LogP contribution in [0, 0.1) is 11.8 Å². The molecule has 0 heterocycles. The maximum Gasteiger partial charge on any atom is 0.306 e. The molecule has 0 radical (unpaired) electrons. The lowest BCUT2D eigenvalue weighted by atomic mass is 9.93. The number of carbonyl (C=O) groups excluding carboxylic acids is 1. The molecule has 0 aromatic heterocycles. The highest BCUT2D eigenvalue weighted by molar-refractivity contribution is 5.83. The Labute approximate surface area is 170 Å². The molecule has 0 saturated carbocycles. The summed E-state index contributed by atoms with van der Waals surface area (Å²) in [4.78, 5) is 34.8. The van der Waals surface area contributed by atoms with E-state index in [-0.39, 0.29) is 24.8 Å². The topological polar surface area (TPSA) is 104 Å². The Morgan fingerprint density at radius 2 is 1.48 bits per heavy atom. The second kappa shape index (κ2) is 10.4. The van der Waals surface area contributed by atoms with Crippen LogP contribution in [0.5, 0.6) is 0 Å². The standard InChI is InChI=1S/C23H27NO5/c1-15(23(28)29)12-16(2)24-22(27)20(14-21(25)26)13-17-8-10-19(11-9-17)18-6-4-3-5-7-18/h3-11,15-16,20H,12-14H2,1-2H3,(H,24,27)(H,25,26)(H,28,29)/t15-,16?,20?/m1/s1. The third-order valence-electron chi connectivity index (χ3n) is 4.85. The van der Waals surface area contributed by atoms with E-state index < -0.39 is 23.8 Å². The molecule has 0 bridgehead atoms. The van der Waals surface area contributed by atoms with Crippen LogP contribution in [0.2, 0.25) is 0 Å². The summed E-state index contributed by atoms with van der Waals surface area (Å²) in [5, 5.41) is 21.0. The Hall–Kier alpha value is -3.15. The smallest absolute Gasteiger partial charge is 0.306 e. The van der Waals surface area contributed by atoms with Crippen molar-refractivity contribution in [2.24, 2.45) is 11.8 Å². The van der Waals surface area contributed by atoms with Crippen molar-refractivity contribution < 1.29 is 24.6 Å². The Bertz CT molecular complexity index is 832. The molecule has 2 aromatic carbocycles. The van der Waals surface area contributed by atoms with Gasteiger partial charge in [0.25, 0.3) is 0 Å². The van der Waals surface area contributed by atoms with Gasteiger partial charge in [-0.15, -0.1) is 0 Å². The van der Waals surface area contributed by atoms with Gasteiger partial charge in [-0.05, 0) is 36.5 Å². The second-order valence-corrected chi connectivity index (χ2v) is 7.45. The molecule has 1 amide bonds. The Kier molecular flexibility index (Phi) is 7.95. The third kappa shape index (κ3) is 7.07. The number of nitrogens with one attached hydrogen (secondary N) is 1. The fourth-order valence-corrected chi connectivity index (χ4v) is 3.27. The summed E-state index contributed by atoms with van der Waals surface area (Å²) in [6.07, 6.45) is 0.300. The third-order valence-corrected chi connectivity index (χ3v) is 4.85. The Balaban J connectivity index is 2.05. The number of hydrogen-bond donors (Lipinski definition) is 3. The van der Waals surface area contributed by atoms with E-state index in [1.54, 1.807) is 13.8 Å². The van der Waals surface area contributed by atoms with Crippen molar-refractivity contribution in [1.29, 1.82) is 0 Å². The molecule has 0 saturated heterocycles. The van der Waals surface area contributed by atoms with Crippen LogP contribution in [0.25, 0.3) is 11.1 Å². The zero-order chi connectivity index (χ0) is 21.4. The van der Waals surface area contributed by atoms with Gasteiger partial charge in [0.15, 0.2) is 0 Å². The van der Waals surface area contributed by atoms with Crippen LogP contribution in [-0.2, 0) is 20.8 Å². The van der Waals surface area contributed by atoms with E-state index in [1.165, 1.54) is 0 Å². The van der Waals surface area contributed by atoms with Crippen molar-refractivity contribution in [1.82, 2.24) is 5.32 Å². The Morgan fingerprint density at radius 1 is 0.897 bits per heavy atom. The van der Waals surface area contributed by atoms with E-state index >= 15 is 0 Å². The van der Waals surface area contributed by atoms with E-state index in [0.29, 0.717) is 6.42 Å². The molecule has 2 rings (SSSR count). The molecular weight excluding hydrogens is 370 g/mol. The Morgan fingerprint density at radius 3 is 2.03 bits per heavy atom. The van der Waals surface area contributed by atoms with Crippen LogP contribution in [0.4, 0.5) is 0 Å². The van der Waals surface area contributed by atoms with Crippen molar-refractivity contribution in [2.45, 2.75) is 39.2 Å². The molecule has 0 spiro atoms. The van der Waals surface area contributed by atoms with E-state index in [2.05, 4.69) is 5.32 Å². The van der Waals surface area contributed by atoms with Gasteiger partial charge >= 0.3 is 11.9 Å². The minimum Gasteiger partial charge on any atom is -0.481 e. The van der Waals surface area contributed by atoms with Gasteiger partial charge in [-0.25, -0.2) is 0 Å². The molecule has 0 aliphatic heterocycles. The number of benzene rings is 2. The first-order chi connectivity index (χ1) is 13.8. The van der Waals surface area contributed by atoms with Gasteiger partial charge in [0.1, 0.15) is 0 Å². The van der Waals surface area contributed by atoms with E-state index in [9.17, 15) is 19.5 Å². The molecule has 6 heteroatoms. The fourth-order valence-electron chi connectivity index (χ4n) is 3.27. The summed E-state index contributed by atoms with van der Waals surface area (Å²) in [5.41, 5.74) is 3.00. The van der Waals surface area contributed by atoms with Gasteiger partial charge in [-0.1, -0.05) is 61.5 Å². The van der Waals surface area contributed by atoms with Gasteiger partial charge < -0.3 is 15.5 Å². The average molecular weight is 397 g/mol. The molecular formula is C23H27NO5. The average Bonchev–Trinajstić information content (AvgIpc) is 2.68. The maximum atomic E-state index is 12.6. The molecule has 29 heavy (non-hydrogen) atoms. The number of hydrogen-bond acceptors (Lipinski definition) is 3. The van der Waals surface area contributed by atoms with Gasteiger partial charge in [0.2, 0.25) is 5.91 Å². The molecule has 0 aliphatic carbocycles. The normalized spacial score (nSPS) is 13.9. The summed E-state index contributed by atoms with van der Waals surface area (Å²) in [6.45, 7) is 3.30. The summed E-state index contributed by atoms with van der Waals surface area (Å²) >= 11 is 0. The second-order valence-electron chi connectivity index (χ2n) is 7.45. The molecule has 0 aliphatic rings. The van der Waals surface area contributed by atoms with Crippen molar-refractivity contribution in [3.8, 4) is 11.1 Å². The number of amides is 1. The van der Waals surface area contributed by atoms with Gasteiger partial charge in [0.05, 0.1) is 18.3 Å². The quantitative estimate of drug-likeness (QED) is 0.568. The minimum absolute atomic E-state index is 0.284. The molecule has 154 valence electrons. The first-order valence-electron chi connectivity index (χ1n) is 9.65. The summed E-state index contributed by atoms with van der Waals surface area (Å²) in [6, 6.07) is 17.3. The largest absolute Gasteiger partial charge is 0.481 e. The fraction of sp³-hybridized carbons (Fsp3) is 0.348. The lowest BCUT2D eigenvalue weighted by Gasteiger charge is -2.20. The number of rotatable bonds is 10. The van der Waals surface area contributed by atoms with Crippen LogP contribution >= 0.6 is 0 Å². The van der Waals surface area contributed by atoms with Crippen LogP contribution in [0.3, 0.4) is 0 Å². The van der Waals surface area contributed by atoms with Crippen molar-refractivity contribution >= 4 is 17.8 Å². The predicted molar refractivity (Wildman–Crippen MR) is 110 cm³/mol. The molecule has 3 atom stereocenters. The number of carboxylic acid groups (broad SMARTS) is 2. The highest BCUT2D eigenvalue weighted by atomic mass is 16.4. The SMILES string of the molecule is CC(C[C@@H](C)C(=O)O)NC(=O)C(CC(=O)O)Cc1ccc(-c2ccccc2)cc1. The monoisotopic (exact) mass is 397 g/mol.